The Bertz CT molecular complexity index is 1010. The second-order valence-electron chi connectivity index (χ2n) is 6.87. The van der Waals surface area contributed by atoms with Gasteiger partial charge in [0, 0.05) is 17.3 Å². The van der Waals surface area contributed by atoms with Gasteiger partial charge < -0.3 is 14.8 Å². The summed E-state index contributed by atoms with van der Waals surface area (Å²) in [5.41, 5.74) is 3.46. The maximum absolute atomic E-state index is 13.1. The summed E-state index contributed by atoms with van der Waals surface area (Å²) < 4.78 is 10.7. The highest BCUT2D eigenvalue weighted by Crippen LogP contribution is 2.28. The van der Waals surface area contributed by atoms with Crippen LogP contribution in [0.15, 0.2) is 66.7 Å². The third-order valence-electron chi connectivity index (χ3n) is 4.79. The van der Waals surface area contributed by atoms with Crippen LogP contribution in [0.1, 0.15) is 22.7 Å². The normalized spacial score (nSPS) is 11.6. The van der Waals surface area contributed by atoms with Gasteiger partial charge in [-0.3, -0.25) is 10.1 Å². The van der Waals surface area contributed by atoms with Gasteiger partial charge in [-0.15, -0.1) is 0 Å². The van der Waals surface area contributed by atoms with Gasteiger partial charge in [0.15, 0.2) is 11.5 Å². The molecule has 3 aromatic carbocycles. The van der Waals surface area contributed by atoms with Gasteiger partial charge in [-0.25, -0.2) is 0 Å². The van der Waals surface area contributed by atoms with Gasteiger partial charge in [-0.05, 0) is 47.9 Å². The summed E-state index contributed by atoms with van der Waals surface area (Å²) in [6, 6.07) is 20.2. The highest BCUT2D eigenvalue weighted by molar-refractivity contribution is 6.31. The molecule has 0 aliphatic heterocycles. The molecule has 0 aliphatic carbocycles. The van der Waals surface area contributed by atoms with Crippen LogP contribution in [0.2, 0.25) is 5.02 Å². The first-order valence-corrected chi connectivity index (χ1v) is 9.96. The van der Waals surface area contributed by atoms with E-state index in [9.17, 15) is 4.79 Å². The summed E-state index contributed by atoms with van der Waals surface area (Å²) in [6.07, 6.45) is 0. The number of hydrogen-bond donors (Lipinski definition) is 2. The lowest BCUT2D eigenvalue weighted by Crippen LogP contribution is -2.32. The molecular formula is C24H25ClN2O3. The molecule has 0 saturated carbocycles. The molecule has 0 saturated heterocycles. The zero-order chi connectivity index (χ0) is 21.5. The smallest absolute Gasteiger partial charge is 0.246 e. The van der Waals surface area contributed by atoms with Crippen LogP contribution in [-0.4, -0.2) is 20.1 Å². The molecule has 2 N–H and O–H groups in total. The number of ether oxygens (including phenoxy) is 2. The molecule has 3 aromatic rings. The van der Waals surface area contributed by atoms with Crippen molar-refractivity contribution in [3.05, 3.63) is 88.4 Å². The van der Waals surface area contributed by atoms with Crippen LogP contribution in [0.25, 0.3) is 0 Å². The fraction of sp³-hybridized carbons (Fsp3) is 0.208. The number of carbonyl (C=O) groups is 1. The van der Waals surface area contributed by atoms with E-state index in [-0.39, 0.29) is 5.91 Å². The van der Waals surface area contributed by atoms with E-state index in [4.69, 9.17) is 21.1 Å². The molecule has 0 aliphatic rings. The predicted molar refractivity (Wildman–Crippen MR) is 120 cm³/mol. The monoisotopic (exact) mass is 424 g/mol. The Balaban J connectivity index is 1.79. The molecule has 0 bridgehead atoms. The first-order chi connectivity index (χ1) is 14.5. The molecule has 156 valence electrons. The lowest BCUT2D eigenvalue weighted by Gasteiger charge is -2.20. The van der Waals surface area contributed by atoms with Crippen LogP contribution in [-0.2, 0) is 11.3 Å². The molecule has 3 rings (SSSR count). The topological polar surface area (TPSA) is 59.6 Å². The van der Waals surface area contributed by atoms with Crippen molar-refractivity contribution in [2.24, 2.45) is 0 Å². The van der Waals surface area contributed by atoms with Gasteiger partial charge in [0.1, 0.15) is 6.04 Å². The van der Waals surface area contributed by atoms with E-state index in [1.165, 1.54) is 0 Å². The van der Waals surface area contributed by atoms with E-state index >= 15 is 0 Å². The highest BCUT2D eigenvalue weighted by atomic mass is 35.5. The average molecular weight is 425 g/mol. The second kappa shape index (κ2) is 10.1. The molecule has 0 fully saturated rings. The number of nitrogens with one attached hydrogen (secondary N) is 2. The van der Waals surface area contributed by atoms with E-state index in [1.807, 2.05) is 67.6 Å². The van der Waals surface area contributed by atoms with Crippen molar-refractivity contribution in [1.82, 2.24) is 5.32 Å². The third kappa shape index (κ3) is 5.32. The van der Waals surface area contributed by atoms with Crippen LogP contribution in [0.3, 0.4) is 0 Å². The van der Waals surface area contributed by atoms with E-state index < -0.39 is 6.04 Å². The number of amides is 1. The number of hydrogen-bond acceptors (Lipinski definition) is 4. The summed E-state index contributed by atoms with van der Waals surface area (Å²) in [5, 5.41) is 6.91. The fourth-order valence-corrected chi connectivity index (χ4v) is 3.28. The second-order valence-corrected chi connectivity index (χ2v) is 7.27. The first-order valence-electron chi connectivity index (χ1n) is 9.58. The van der Waals surface area contributed by atoms with E-state index in [0.717, 1.165) is 16.7 Å². The minimum atomic E-state index is -0.542. The minimum absolute atomic E-state index is 0.165. The largest absolute Gasteiger partial charge is 0.493 e. The molecular weight excluding hydrogens is 400 g/mol. The summed E-state index contributed by atoms with van der Waals surface area (Å²) >= 11 is 6.20. The molecule has 0 heterocycles. The lowest BCUT2D eigenvalue weighted by molar-refractivity contribution is -0.118. The van der Waals surface area contributed by atoms with Crippen molar-refractivity contribution < 1.29 is 14.3 Å². The lowest BCUT2D eigenvalue weighted by atomic mass is 10.1. The van der Waals surface area contributed by atoms with Crippen molar-refractivity contribution in [3.8, 4) is 11.5 Å². The number of anilines is 1. The Morgan fingerprint density at radius 3 is 2.37 bits per heavy atom. The van der Waals surface area contributed by atoms with Crippen molar-refractivity contribution in [3.63, 3.8) is 0 Å². The standard InChI is InChI=1S/C24H25ClN2O3/c1-16-9-11-19(14-20(16)25)27-24(28)23(18-7-5-4-6-8-18)26-15-17-10-12-21(29-2)22(13-17)30-3/h4-14,23,26H,15H2,1-3H3,(H,27,28)/t23-/m0/s1. The van der Waals surface area contributed by atoms with E-state index in [0.29, 0.717) is 28.8 Å². The zero-order valence-corrected chi connectivity index (χ0v) is 18.0. The summed E-state index contributed by atoms with van der Waals surface area (Å²) in [7, 11) is 3.20. The highest BCUT2D eigenvalue weighted by Gasteiger charge is 2.20. The number of aryl methyl sites for hydroxylation is 1. The summed E-state index contributed by atoms with van der Waals surface area (Å²) in [5.74, 6) is 1.14. The average Bonchev–Trinajstić information content (AvgIpc) is 2.77. The molecule has 1 amide bonds. The maximum atomic E-state index is 13.1. The van der Waals surface area contributed by atoms with E-state index in [2.05, 4.69) is 10.6 Å². The van der Waals surface area contributed by atoms with Gasteiger partial charge in [0.05, 0.1) is 14.2 Å². The van der Waals surface area contributed by atoms with Crippen molar-refractivity contribution in [2.45, 2.75) is 19.5 Å². The molecule has 0 radical (unpaired) electrons. The quantitative estimate of drug-likeness (QED) is 0.526. The van der Waals surface area contributed by atoms with Crippen molar-refractivity contribution >= 4 is 23.2 Å². The Morgan fingerprint density at radius 2 is 1.70 bits per heavy atom. The fourth-order valence-electron chi connectivity index (χ4n) is 3.10. The van der Waals surface area contributed by atoms with Gasteiger partial charge in [-0.1, -0.05) is 54.1 Å². The maximum Gasteiger partial charge on any atom is 0.246 e. The van der Waals surface area contributed by atoms with Crippen molar-refractivity contribution in [1.29, 1.82) is 0 Å². The molecule has 0 spiro atoms. The molecule has 0 aromatic heterocycles. The molecule has 6 heteroatoms. The molecule has 30 heavy (non-hydrogen) atoms. The van der Waals surface area contributed by atoms with Crippen LogP contribution >= 0.6 is 11.6 Å². The molecule has 5 nitrogen and oxygen atoms in total. The Kier molecular flexibility index (Phi) is 7.33. The summed E-state index contributed by atoms with van der Waals surface area (Å²) in [6.45, 7) is 2.40. The molecule has 1 atom stereocenters. The minimum Gasteiger partial charge on any atom is -0.493 e. The number of methoxy groups -OCH3 is 2. The zero-order valence-electron chi connectivity index (χ0n) is 17.2. The summed E-state index contributed by atoms with van der Waals surface area (Å²) in [4.78, 5) is 13.1. The number of halogens is 1. The van der Waals surface area contributed by atoms with Crippen LogP contribution < -0.4 is 20.1 Å². The van der Waals surface area contributed by atoms with Gasteiger partial charge in [0.2, 0.25) is 5.91 Å². The third-order valence-corrected chi connectivity index (χ3v) is 5.20. The van der Waals surface area contributed by atoms with Gasteiger partial charge in [-0.2, -0.15) is 0 Å². The van der Waals surface area contributed by atoms with Crippen LogP contribution in [0.5, 0.6) is 11.5 Å². The number of carbonyl (C=O) groups excluding carboxylic acids is 1. The van der Waals surface area contributed by atoms with E-state index in [1.54, 1.807) is 20.3 Å². The van der Waals surface area contributed by atoms with Crippen LogP contribution in [0.4, 0.5) is 5.69 Å². The van der Waals surface area contributed by atoms with Gasteiger partial charge in [0.25, 0.3) is 0 Å². The number of rotatable bonds is 8. The van der Waals surface area contributed by atoms with Crippen molar-refractivity contribution in [2.75, 3.05) is 19.5 Å². The first kappa shape index (κ1) is 21.7. The van der Waals surface area contributed by atoms with Gasteiger partial charge >= 0.3 is 0 Å². The predicted octanol–water partition coefficient (Wildman–Crippen LogP) is 5.14. The SMILES string of the molecule is COc1ccc(CN[C@H](C(=O)Nc2ccc(C)c(Cl)c2)c2ccccc2)cc1OC. The Labute approximate surface area is 182 Å². The number of benzene rings is 3. The Hall–Kier alpha value is -3.02. The molecule has 0 unspecified atom stereocenters. The van der Waals surface area contributed by atoms with Crippen LogP contribution in [0, 0.1) is 6.92 Å². The Morgan fingerprint density at radius 1 is 0.967 bits per heavy atom.